The highest BCUT2D eigenvalue weighted by Crippen LogP contribution is 2.36. The highest BCUT2D eigenvalue weighted by atomic mass is 16.5. The molecule has 0 aliphatic carbocycles. The van der Waals surface area contributed by atoms with Gasteiger partial charge in [-0.1, -0.05) is 25.1 Å². The number of methoxy groups -OCH3 is 3. The van der Waals surface area contributed by atoms with Gasteiger partial charge in [0, 0.05) is 5.56 Å². The average molecular weight is 438 g/mol. The van der Waals surface area contributed by atoms with Crippen molar-refractivity contribution in [3.63, 3.8) is 0 Å². The molecule has 0 saturated heterocycles. The number of hydrogen-bond donors (Lipinski definition) is 0. The maximum Gasteiger partial charge on any atom is 0.357 e. The number of carbonyl (C=O) groups is 2. The van der Waals surface area contributed by atoms with Crippen LogP contribution in [0, 0.1) is 0 Å². The number of aromatic nitrogens is 2. The molecule has 0 aliphatic rings. The Morgan fingerprint density at radius 3 is 2.25 bits per heavy atom. The van der Waals surface area contributed by atoms with Crippen LogP contribution in [0.1, 0.15) is 41.1 Å². The molecule has 8 heteroatoms. The van der Waals surface area contributed by atoms with Gasteiger partial charge in [-0.3, -0.25) is 0 Å². The molecule has 1 heterocycles. The third-order valence-corrected chi connectivity index (χ3v) is 4.99. The lowest BCUT2D eigenvalue weighted by molar-refractivity contribution is 0.0549. The Kier molecular flexibility index (Phi) is 7.14. The predicted molar refractivity (Wildman–Crippen MR) is 119 cm³/mol. The number of benzene rings is 2. The first-order chi connectivity index (χ1) is 15.4. The van der Waals surface area contributed by atoms with Crippen molar-refractivity contribution in [2.45, 2.75) is 26.4 Å². The Bertz CT molecular complexity index is 1110. The highest BCUT2D eigenvalue weighted by Gasteiger charge is 2.31. The molecule has 32 heavy (non-hydrogen) atoms. The van der Waals surface area contributed by atoms with E-state index in [0.29, 0.717) is 22.7 Å². The van der Waals surface area contributed by atoms with E-state index in [-0.39, 0.29) is 23.1 Å². The number of carbonyl (C=O) groups excluding carboxylic acids is 2. The Balaban J connectivity index is 2.25. The van der Waals surface area contributed by atoms with E-state index in [1.807, 2.05) is 19.9 Å². The van der Waals surface area contributed by atoms with Crippen LogP contribution in [0.2, 0.25) is 0 Å². The minimum absolute atomic E-state index is 0.000788. The average Bonchev–Trinajstić information content (AvgIpc) is 3.24. The molecule has 1 unspecified atom stereocenters. The Morgan fingerprint density at radius 2 is 1.66 bits per heavy atom. The standard InChI is InChI=1S/C24H26N2O6/c1-6-15(2)32-18-13-12-16(14-19(18)29-3)21-20(23(27)30-4)22(24(28)31-5)26(25-21)17-10-8-7-9-11-17/h7-15H,6H2,1-5H3. The van der Waals surface area contributed by atoms with Crippen molar-refractivity contribution in [2.75, 3.05) is 21.3 Å². The molecule has 0 amide bonds. The van der Waals surface area contributed by atoms with Gasteiger partial charge in [0.2, 0.25) is 0 Å². The molecule has 0 bridgehead atoms. The molecule has 0 saturated carbocycles. The number of para-hydroxylation sites is 1. The lowest BCUT2D eigenvalue weighted by Gasteiger charge is -2.16. The number of esters is 2. The summed E-state index contributed by atoms with van der Waals surface area (Å²) in [5.41, 5.74) is 1.38. The fourth-order valence-corrected chi connectivity index (χ4v) is 3.17. The monoisotopic (exact) mass is 438 g/mol. The van der Waals surface area contributed by atoms with Crippen LogP contribution < -0.4 is 9.47 Å². The van der Waals surface area contributed by atoms with Crippen molar-refractivity contribution in [2.24, 2.45) is 0 Å². The SMILES string of the molecule is CCC(C)Oc1ccc(-c2nn(-c3ccccc3)c(C(=O)OC)c2C(=O)OC)cc1OC. The summed E-state index contributed by atoms with van der Waals surface area (Å²) in [6, 6.07) is 14.2. The maximum absolute atomic E-state index is 12.8. The lowest BCUT2D eigenvalue weighted by atomic mass is 10.0. The zero-order chi connectivity index (χ0) is 23.3. The van der Waals surface area contributed by atoms with E-state index in [1.54, 1.807) is 42.5 Å². The summed E-state index contributed by atoms with van der Waals surface area (Å²) >= 11 is 0. The first kappa shape index (κ1) is 22.9. The summed E-state index contributed by atoms with van der Waals surface area (Å²) in [6.45, 7) is 3.99. The molecular formula is C24H26N2O6. The summed E-state index contributed by atoms with van der Waals surface area (Å²) in [5.74, 6) is -0.369. The van der Waals surface area contributed by atoms with Gasteiger partial charge in [0.05, 0.1) is 33.1 Å². The van der Waals surface area contributed by atoms with Crippen LogP contribution in [-0.2, 0) is 9.47 Å². The zero-order valence-electron chi connectivity index (χ0n) is 18.7. The molecule has 168 valence electrons. The largest absolute Gasteiger partial charge is 0.493 e. The number of rotatable bonds is 8. The van der Waals surface area contributed by atoms with Gasteiger partial charge in [-0.15, -0.1) is 0 Å². The second kappa shape index (κ2) is 10.00. The molecule has 0 radical (unpaired) electrons. The van der Waals surface area contributed by atoms with Crippen molar-refractivity contribution in [3.05, 3.63) is 59.8 Å². The molecule has 0 aliphatic heterocycles. The van der Waals surface area contributed by atoms with Crippen LogP contribution in [0.3, 0.4) is 0 Å². The molecule has 2 aromatic carbocycles. The van der Waals surface area contributed by atoms with Crippen LogP contribution in [0.25, 0.3) is 16.9 Å². The van der Waals surface area contributed by atoms with Gasteiger partial charge < -0.3 is 18.9 Å². The van der Waals surface area contributed by atoms with E-state index in [1.165, 1.54) is 26.0 Å². The van der Waals surface area contributed by atoms with Gasteiger partial charge in [0.15, 0.2) is 17.2 Å². The molecule has 0 spiro atoms. The van der Waals surface area contributed by atoms with Crippen LogP contribution >= 0.6 is 0 Å². The third-order valence-electron chi connectivity index (χ3n) is 4.99. The van der Waals surface area contributed by atoms with E-state index >= 15 is 0 Å². The minimum atomic E-state index is -0.711. The Morgan fingerprint density at radius 1 is 0.969 bits per heavy atom. The highest BCUT2D eigenvalue weighted by molar-refractivity contribution is 6.06. The topological polar surface area (TPSA) is 88.9 Å². The molecule has 3 rings (SSSR count). The van der Waals surface area contributed by atoms with Gasteiger partial charge in [-0.05, 0) is 43.7 Å². The van der Waals surface area contributed by atoms with Crippen molar-refractivity contribution >= 4 is 11.9 Å². The normalized spacial score (nSPS) is 11.5. The van der Waals surface area contributed by atoms with E-state index in [2.05, 4.69) is 5.10 Å². The molecule has 0 N–H and O–H groups in total. The molecule has 0 fully saturated rings. The molecular weight excluding hydrogens is 412 g/mol. The second-order valence-electron chi connectivity index (χ2n) is 7.01. The number of ether oxygens (including phenoxy) is 4. The van der Waals surface area contributed by atoms with Gasteiger partial charge in [-0.2, -0.15) is 5.10 Å². The first-order valence-corrected chi connectivity index (χ1v) is 10.1. The molecule has 1 atom stereocenters. The van der Waals surface area contributed by atoms with Crippen LogP contribution in [0.15, 0.2) is 48.5 Å². The zero-order valence-corrected chi connectivity index (χ0v) is 18.7. The molecule has 3 aromatic rings. The van der Waals surface area contributed by atoms with E-state index in [9.17, 15) is 9.59 Å². The quantitative estimate of drug-likeness (QED) is 0.485. The summed E-state index contributed by atoms with van der Waals surface area (Å²) in [5, 5.41) is 4.59. The fraction of sp³-hybridized carbons (Fsp3) is 0.292. The van der Waals surface area contributed by atoms with Crippen LogP contribution in [0.5, 0.6) is 11.5 Å². The summed E-state index contributed by atoms with van der Waals surface area (Å²) in [4.78, 5) is 25.4. The second-order valence-corrected chi connectivity index (χ2v) is 7.01. The van der Waals surface area contributed by atoms with Gasteiger partial charge in [-0.25, -0.2) is 14.3 Å². The minimum Gasteiger partial charge on any atom is -0.493 e. The van der Waals surface area contributed by atoms with E-state index < -0.39 is 11.9 Å². The third kappa shape index (κ3) is 4.44. The van der Waals surface area contributed by atoms with Crippen molar-refractivity contribution in [1.82, 2.24) is 9.78 Å². The maximum atomic E-state index is 12.8. The lowest BCUT2D eigenvalue weighted by Crippen LogP contribution is -2.15. The Hall–Kier alpha value is -3.81. The van der Waals surface area contributed by atoms with Crippen LogP contribution in [0.4, 0.5) is 0 Å². The van der Waals surface area contributed by atoms with E-state index in [4.69, 9.17) is 18.9 Å². The van der Waals surface area contributed by atoms with Crippen molar-refractivity contribution < 1.29 is 28.5 Å². The van der Waals surface area contributed by atoms with Crippen LogP contribution in [-0.4, -0.2) is 49.2 Å². The number of hydrogen-bond acceptors (Lipinski definition) is 7. The van der Waals surface area contributed by atoms with Gasteiger partial charge in [0.25, 0.3) is 0 Å². The number of nitrogens with zero attached hydrogens (tertiary/aromatic N) is 2. The predicted octanol–water partition coefficient (Wildman–Crippen LogP) is 4.30. The molecule has 8 nitrogen and oxygen atoms in total. The molecule has 1 aromatic heterocycles. The Labute approximate surface area is 186 Å². The van der Waals surface area contributed by atoms with E-state index in [0.717, 1.165) is 6.42 Å². The summed E-state index contributed by atoms with van der Waals surface area (Å²) < 4.78 is 22.7. The van der Waals surface area contributed by atoms with Gasteiger partial charge in [0.1, 0.15) is 11.3 Å². The fourth-order valence-electron chi connectivity index (χ4n) is 3.17. The van der Waals surface area contributed by atoms with Crippen molar-refractivity contribution in [3.8, 4) is 28.4 Å². The summed E-state index contributed by atoms with van der Waals surface area (Å²) in [6.07, 6.45) is 0.838. The summed E-state index contributed by atoms with van der Waals surface area (Å²) in [7, 11) is 4.03. The smallest absolute Gasteiger partial charge is 0.357 e. The first-order valence-electron chi connectivity index (χ1n) is 10.1. The van der Waals surface area contributed by atoms with Crippen molar-refractivity contribution in [1.29, 1.82) is 0 Å². The van der Waals surface area contributed by atoms with Gasteiger partial charge >= 0.3 is 11.9 Å².